The van der Waals surface area contributed by atoms with Crippen molar-refractivity contribution < 1.29 is 21.6 Å². The van der Waals surface area contributed by atoms with E-state index >= 15 is 0 Å². The van der Waals surface area contributed by atoms with Gasteiger partial charge in [-0.3, -0.25) is 4.79 Å². The monoisotopic (exact) mass is 509 g/mol. The molecule has 2 heterocycles. The van der Waals surface area contributed by atoms with E-state index in [0.29, 0.717) is 43.4 Å². The summed E-state index contributed by atoms with van der Waals surface area (Å²) in [6, 6.07) is 11.0. The molecule has 3 aromatic rings. The van der Waals surface area contributed by atoms with Gasteiger partial charge in [0.2, 0.25) is 26.0 Å². The molecule has 2 aromatic carbocycles. The summed E-state index contributed by atoms with van der Waals surface area (Å²) >= 11 is 0.961. The smallest absolute Gasteiger partial charge is 0.245 e. The van der Waals surface area contributed by atoms with Crippen molar-refractivity contribution in [2.75, 3.05) is 19.6 Å². The molecular formula is C20H23N5O5S3. The minimum Gasteiger partial charge on any atom is -0.355 e. The Kier molecular flexibility index (Phi) is 6.77. The van der Waals surface area contributed by atoms with Crippen LogP contribution in [0.15, 0.2) is 52.3 Å². The van der Waals surface area contributed by atoms with Gasteiger partial charge in [0, 0.05) is 19.6 Å². The van der Waals surface area contributed by atoms with E-state index in [4.69, 9.17) is 5.14 Å². The molecule has 3 N–H and O–H groups in total. The molecule has 1 aliphatic heterocycles. The maximum Gasteiger partial charge on any atom is 0.245 e. The summed E-state index contributed by atoms with van der Waals surface area (Å²) in [5.41, 5.74) is 1.73. The summed E-state index contributed by atoms with van der Waals surface area (Å²) < 4.78 is 58.7. The second-order valence-electron chi connectivity index (χ2n) is 7.82. The fourth-order valence-corrected chi connectivity index (χ4v) is 6.62. The Morgan fingerprint density at radius 1 is 1.12 bits per heavy atom. The summed E-state index contributed by atoms with van der Waals surface area (Å²) in [5, 5.41) is 7.95. The number of amides is 1. The van der Waals surface area contributed by atoms with E-state index in [1.165, 1.54) is 22.5 Å². The van der Waals surface area contributed by atoms with Gasteiger partial charge in [-0.1, -0.05) is 18.2 Å². The minimum atomic E-state index is -3.81. The SMILES string of the molecule is NS(=O)(=O)c1ccc(CCNC(=O)[C@@H]2CCCN(S(=O)(=O)c3cccc4nsnc34)C2)cc1. The zero-order valence-electron chi connectivity index (χ0n) is 17.5. The molecule has 0 aliphatic carbocycles. The Balaban J connectivity index is 1.37. The van der Waals surface area contributed by atoms with Gasteiger partial charge in [0.15, 0.2) is 0 Å². The van der Waals surface area contributed by atoms with Crippen LogP contribution in [0, 0.1) is 5.92 Å². The van der Waals surface area contributed by atoms with Crippen LogP contribution in [0.25, 0.3) is 11.0 Å². The third-order valence-corrected chi connectivity index (χ3v) is 8.96. The van der Waals surface area contributed by atoms with Gasteiger partial charge in [0.05, 0.1) is 22.5 Å². The highest BCUT2D eigenvalue weighted by Gasteiger charge is 2.34. The number of carbonyl (C=O) groups is 1. The highest BCUT2D eigenvalue weighted by Crippen LogP contribution is 2.28. The number of fused-ring (bicyclic) bond motifs is 1. The second-order valence-corrected chi connectivity index (χ2v) is 11.8. The van der Waals surface area contributed by atoms with Crippen LogP contribution in [-0.4, -0.2) is 55.4 Å². The van der Waals surface area contributed by atoms with Gasteiger partial charge in [-0.25, -0.2) is 22.0 Å². The van der Waals surface area contributed by atoms with Gasteiger partial charge < -0.3 is 5.32 Å². The van der Waals surface area contributed by atoms with Crippen LogP contribution in [0.3, 0.4) is 0 Å². The van der Waals surface area contributed by atoms with E-state index in [1.54, 1.807) is 24.3 Å². The lowest BCUT2D eigenvalue weighted by molar-refractivity contribution is -0.126. The first-order valence-corrected chi connectivity index (χ1v) is 14.0. The van der Waals surface area contributed by atoms with Crippen LogP contribution in [0.1, 0.15) is 18.4 Å². The van der Waals surface area contributed by atoms with E-state index in [0.717, 1.165) is 17.3 Å². The molecule has 0 radical (unpaired) electrons. The van der Waals surface area contributed by atoms with E-state index in [9.17, 15) is 21.6 Å². The number of hydrogen-bond acceptors (Lipinski definition) is 8. The zero-order valence-corrected chi connectivity index (χ0v) is 20.0. The lowest BCUT2D eigenvalue weighted by Gasteiger charge is -2.31. The maximum atomic E-state index is 13.2. The molecule has 1 amide bonds. The molecule has 33 heavy (non-hydrogen) atoms. The van der Waals surface area contributed by atoms with Gasteiger partial charge >= 0.3 is 0 Å². The number of primary sulfonamides is 1. The van der Waals surface area contributed by atoms with Crippen LogP contribution in [0.5, 0.6) is 0 Å². The van der Waals surface area contributed by atoms with Gasteiger partial charge in [0.1, 0.15) is 15.9 Å². The minimum absolute atomic E-state index is 0.0305. The average Bonchev–Trinajstić information content (AvgIpc) is 3.28. The fraction of sp³-hybridized carbons (Fsp3) is 0.350. The predicted molar refractivity (Wildman–Crippen MR) is 123 cm³/mol. The molecule has 0 saturated carbocycles. The van der Waals surface area contributed by atoms with Gasteiger partial charge in [0.25, 0.3) is 0 Å². The summed E-state index contributed by atoms with van der Waals surface area (Å²) in [6.07, 6.45) is 1.69. The topological polar surface area (TPSA) is 152 Å². The van der Waals surface area contributed by atoms with Crippen LogP contribution < -0.4 is 10.5 Å². The Labute approximate surface area is 196 Å². The fourth-order valence-electron chi connectivity index (χ4n) is 3.82. The molecule has 1 atom stereocenters. The Bertz CT molecular complexity index is 1370. The third kappa shape index (κ3) is 5.22. The lowest BCUT2D eigenvalue weighted by Crippen LogP contribution is -2.45. The Hall–Kier alpha value is -2.45. The van der Waals surface area contributed by atoms with Crippen molar-refractivity contribution in [2.45, 2.75) is 29.1 Å². The number of piperidine rings is 1. The van der Waals surface area contributed by atoms with Crippen LogP contribution >= 0.6 is 11.7 Å². The van der Waals surface area contributed by atoms with Gasteiger partial charge in [-0.05, 0) is 49.1 Å². The van der Waals surface area contributed by atoms with E-state index in [1.807, 2.05) is 0 Å². The highest BCUT2D eigenvalue weighted by atomic mass is 32.2. The van der Waals surface area contributed by atoms with Crippen LogP contribution in [-0.2, 0) is 31.3 Å². The molecule has 10 nitrogen and oxygen atoms in total. The summed E-state index contributed by atoms with van der Waals surface area (Å²) in [7, 11) is -7.55. The second kappa shape index (κ2) is 9.43. The maximum absolute atomic E-state index is 13.2. The van der Waals surface area contributed by atoms with E-state index in [-0.39, 0.29) is 22.2 Å². The molecule has 4 rings (SSSR count). The van der Waals surface area contributed by atoms with Crippen molar-refractivity contribution in [2.24, 2.45) is 11.1 Å². The lowest BCUT2D eigenvalue weighted by atomic mass is 9.99. The van der Waals surface area contributed by atoms with Crippen molar-refractivity contribution in [1.82, 2.24) is 18.4 Å². The molecule has 1 aromatic heterocycles. The van der Waals surface area contributed by atoms with Crippen molar-refractivity contribution >= 4 is 48.7 Å². The summed E-state index contributed by atoms with van der Waals surface area (Å²) in [4.78, 5) is 12.8. The van der Waals surface area contributed by atoms with Crippen LogP contribution in [0.4, 0.5) is 0 Å². The average molecular weight is 510 g/mol. The molecule has 1 fully saturated rings. The number of nitrogens with zero attached hydrogens (tertiary/aromatic N) is 3. The molecule has 0 spiro atoms. The standard InChI is InChI=1S/C20H23N5O5S3/c21-32(27,28)16-8-6-14(7-9-16)10-11-22-20(26)15-3-2-12-25(13-15)33(29,30)18-5-1-4-17-19(18)24-31-23-17/h1,4-9,15H,2-3,10-13H2,(H,22,26)(H2,21,27,28)/t15-/m1/s1. The van der Waals surface area contributed by atoms with Gasteiger partial charge in [-0.2, -0.15) is 13.1 Å². The van der Waals surface area contributed by atoms with Crippen molar-refractivity contribution in [3.05, 3.63) is 48.0 Å². The predicted octanol–water partition coefficient (Wildman–Crippen LogP) is 1.10. The molecule has 1 aliphatic rings. The number of hydrogen-bond donors (Lipinski definition) is 2. The summed E-state index contributed by atoms with van der Waals surface area (Å²) in [5.74, 6) is -0.657. The first-order chi connectivity index (χ1) is 15.7. The first kappa shape index (κ1) is 23.7. The largest absolute Gasteiger partial charge is 0.355 e. The van der Waals surface area contributed by atoms with Crippen molar-refractivity contribution in [3.8, 4) is 0 Å². The van der Waals surface area contributed by atoms with Crippen molar-refractivity contribution in [1.29, 1.82) is 0 Å². The highest BCUT2D eigenvalue weighted by molar-refractivity contribution is 7.89. The molecule has 0 unspecified atom stereocenters. The number of benzene rings is 2. The zero-order chi connectivity index (χ0) is 23.6. The number of carbonyl (C=O) groups excluding carboxylic acids is 1. The Morgan fingerprint density at radius 3 is 2.61 bits per heavy atom. The van der Waals surface area contributed by atoms with Gasteiger partial charge in [-0.15, -0.1) is 0 Å². The van der Waals surface area contributed by atoms with Crippen molar-refractivity contribution in [3.63, 3.8) is 0 Å². The Morgan fingerprint density at radius 2 is 1.88 bits per heavy atom. The molecule has 1 saturated heterocycles. The molecule has 176 valence electrons. The number of sulfonamides is 2. The normalized spacial score (nSPS) is 17.8. The molecule has 13 heteroatoms. The molecular weight excluding hydrogens is 486 g/mol. The summed E-state index contributed by atoms with van der Waals surface area (Å²) in [6.45, 7) is 0.794. The quantitative estimate of drug-likeness (QED) is 0.484. The molecule has 0 bridgehead atoms. The van der Waals surface area contributed by atoms with E-state index < -0.39 is 26.0 Å². The number of rotatable bonds is 7. The van der Waals surface area contributed by atoms with Crippen LogP contribution in [0.2, 0.25) is 0 Å². The van der Waals surface area contributed by atoms with E-state index in [2.05, 4.69) is 14.1 Å². The first-order valence-electron chi connectivity index (χ1n) is 10.3. The number of nitrogens with two attached hydrogens (primary N) is 1. The third-order valence-electron chi connectivity index (χ3n) is 5.59. The number of aromatic nitrogens is 2. The number of nitrogens with one attached hydrogen (secondary N) is 1.